The highest BCUT2D eigenvalue weighted by Gasteiger charge is 2.20. The summed E-state index contributed by atoms with van der Waals surface area (Å²) in [5.74, 6) is 0.132. The lowest BCUT2D eigenvalue weighted by Gasteiger charge is -2.21. The molecule has 0 spiro atoms. The lowest BCUT2D eigenvalue weighted by Crippen LogP contribution is -2.26. The summed E-state index contributed by atoms with van der Waals surface area (Å²) in [6.45, 7) is 2.90. The summed E-state index contributed by atoms with van der Waals surface area (Å²) in [4.78, 5) is 0. The lowest BCUT2D eigenvalue weighted by atomic mass is 10.1. The van der Waals surface area contributed by atoms with E-state index in [9.17, 15) is 8.78 Å². The van der Waals surface area contributed by atoms with Crippen molar-refractivity contribution in [3.63, 3.8) is 0 Å². The van der Waals surface area contributed by atoms with E-state index in [2.05, 4.69) is 12.2 Å². The van der Waals surface area contributed by atoms with Crippen LogP contribution in [0.2, 0.25) is 0 Å². The Morgan fingerprint density at radius 2 is 2.05 bits per heavy atom. The minimum atomic E-state index is -0.365. The summed E-state index contributed by atoms with van der Waals surface area (Å²) in [6, 6.07) is 3.64. The Hall–Kier alpha value is -0.610. The average Bonchev–Trinajstić information content (AvgIpc) is 2.95. The van der Waals surface area contributed by atoms with Crippen molar-refractivity contribution in [1.29, 1.82) is 0 Å². The maximum absolute atomic E-state index is 13.9. The Kier molecular flexibility index (Phi) is 6.30. The fraction of sp³-hybridized carbons (Fsp3) is 0.625. The minimum absolute atomic E-state index is 0.101. The van der Waals surface area contributed by atoms with Crippen LogP contribution in [0, 0.1) is 11.6 Å². The molecule has 0 bridgehead atoms. The molecule has 1 aromatic rings. The maximum atomic E-state index is 13.9. The molecule has 0 heterocycles. The first-order valence-electron chi connectivity index (χ1n) is 7.50. The molecule has 0 radical (unpaired) electrons. The normalized spacial score (nSPS) is 17.6. The number of hydrogen-bond donors (Lipinski definition) is 1. The maximum Gasteiger partial charge on any atom is 0.128 e. The van der Waals surface area contributed by atoms with Crippen LogP contribution in [-0.2, 0) is 0 Å². The number of nitrogens with one attached hydrogen (secondary N) is 1. The number of hydrogen-bond acceptors (Lipinski definition) is 2. The Labute approximate surface area is 124 Å². The van der Waals surface area contributed by atoms with Crippen LogP contribution < -0.4 is 5.32 Å². The number of halogens is 2. The molecule has 1 aliphatic carbocycles. The second-order valence-electron chi connectivity index (χ2n) is 5.41. The molecule has 1 saturated carbocycles. The fourth-order valence-corrected chi connectivity index (χ4v) is 4.07. The largest absolute Gasteiger partial charge is 0.309 e. The van der Waals surface area contributed by atoms with Gasteiger partial charge in [-0.25, -0.2) is 8.78 Å². The second-order valence-corrected chi connectivity index (χ2v) is 6.75. The minimum Gasteiger partial charge on any atom is -0.309 e. The highest BCUT2D eigenvalue weighted by Crippen LogP contribution is 2.32. The first-order chi connectivity index (χ1) is 9.70. The molecule has 1 aromatic carbocycles. The standard InChI is InChI=1S/C16H23F2NS/c1-2-9-19-16(11-20-13-5-3-4-6-13)14-10-12(17)7-8-15(14)18/h7-8,10,13,16,19H,2-6,9,11H2,1H3. The van der Waals surface area contributed by atoms with Crippen LogP contribution in [0.4, 0.5) is 8.78 Å². The smallest absolute Gasteiger partial charge is 0.128 e. The quantitative estimate of drug-likeness (QED) is 0.784. The molecule has 1 atom stereocenters. The molecule has 0 aromatic heterocycles. The van der Waals surface area contributed by atoms with E-state index in [0.29, 0.717) is 10.8 Å². The Balaban J connectivity index is 2.02. The monoisotopic (exact) mass is 299 g/mol. The SMILES string of the molecule is CCCNC(CSC1CCCC1)c1cc(F)ccc1F. The van der Waals surface area contributed by atoms with E-state index >= 15 is 0 Å². The van der Waals surface area contributed by atoms with Gasteiger partial charge in [0.25, 0.3) is 0 Å². The van der Waals surface area contributed by atoms with Gasteiger partial charge in [-0.15, -0.1) is 0 Å². The van der Waals surface area contributed by atoms with Gasteiger partial charge in [0.15, 0.2) is 0 Å². The van der Waals surface area contributed by atoms with Crippen LogP contribution in [0.15, 0.2) is 18.2 Å². The molecule has 1 N–H and O–H groups in total. The first-order valence-corrected chi connectivity index (χ1v) is 8.55. The van der Waals surface area contributed by atoms with E-state index in [-0.39, 0.29) is 17.7 Å². The third kappa shape index (κ3) is 4.45. The highest BCUT2D eigenvalue weighted by molar-refractivity contribution is 7.99. The van der Waals surface area contributed by atoms with Crippen LogP contribution in [0.25, 0.3) is 0 Å². The summed E-state index contributed by atoms with van der Waals surface area (Å²) < 4.78 is 27.3. The molecule has 1 aliphatic rings. The van der Waals surface area contributed by atoms with Crippen LogP contribution in [-0.4, -0.2) is 17.5 Å². The van der Waals surface area contributed by atoms with Crippen molar-refractivity contribution < 1.29 is 8.78 Å². The molecule has 112 valence electrons. The molecule has 0 saturated heterocycles. The number of rotatable bonds is 7. The van der Waals surface area contributed by atoms with Gasteiger partial charge >= 0.3 is 0 Å². The molecule has 4 heteroatoms. The molecular weight excluding hydrogens is 276 g/mol. The topological polar surface area (TPSA) is 12.0 Å². The van der Waals surface area contributed by atoms with Gasteiger partial charge in [-0.3, -0.25) is 0 Å². The van der Waals surface area contributed by atoms with Gasteiger partial charge in [0, 0.05) is 22.6 Å². The van der Waals surface area contributed by atoms with E-state index in [1.165, 1.54) is 43.9 Å². The summed E-state index contributed by atoms with van der Waals surface area (Å²) in [6.07, 6.45) is 6.12. The van der Waals surface area contributed by atoms with Crippen molar-refractivity contribution in [2.75, 3.05) is 12.3 Å². The van der Waals surface area contributed by atoms with Gasteiger partial charge in [-0.1, -0.05) is 19.8 Å². The van der Waals surface area contributed by atoms with Crippen molar-refractivity contribution in [1.82, 2.24) is 5.32 Å². The fourth-order valence-electron chi connectivity index (χ4n) is 2.65. The molecule has 1 unspecified atom stereocenters. The predicted octanol–water partition coefficient (Wildman–Crippen LogP) is 4.68. The zero-order chi connectivity index (χ0) is 14.4. The Morgan fingerprint density at radius 1 is 1.30 bits per heavy atom. The number of thioether (sulfide) groups is 1. The predicted molar refractivity (Wildman–Crippen MR) is 82.1 cm³/mol. The van der Waals surface area contributed by atoms with Gasteiger partial charge in [0.1, 0.15) is 11.6 Å². The van der Waals surface area contributed by atoms with Crippen LogP contribution in [0.3, 0.4) is 0 Å². The van der Waals surface area contributed by atoms with Crippen LogP contribution in [0.1, 0.15) is 50.6 Å². The van der Waals surface area contributed by atoms with E-state index in [1.807, 2.05) is 11.8 Å². The highest BCUT2D eigenvalue weighted by atomic mass is 32.2. The Bertz CT molecular complexity index is 419. The molecule has 0 amide bonds. The van der Waals surface area contributed by atoms with Gasteiger partial charge in [0.05, 0.1) is 0 Å². The summed E-state index contributed by atoms with van der Waals surface area (Å²) in [5, 5.41) is 4.04. The van der Waals surface area contributed by atoms with Gasteiger partial charge in [-0.05, 0) is 44.0 Å². The van der Waals surface area contributed by atoms with E-state index in [0.717, 1.165) is 18.7 Å². The summed E-state index contributed by atoms with van der Waals surface area (Å²) >= 11 is 1.90. The molecular formula is C16H23F2NS. The molecule has 1 nitrogen and oxygen atoms in total. The van der Waals surface area contributed by atoms with E-state index in [1.54, 1.807) is 0 Å². The van der Waals surface area contributed by atoms with Crippen molar-refractivity contribution in [3.8, 4) is 0 Å². The summed E-state index contributed by atoms with van der Waals surface area (Å²) in [7, 11) is 0. The third-order valence-electron chi connectivity index (χ3n) is 3.77. The van der Waals surface area contributed by atoms with E-state index in [4.69, 9.17) is 0 Å². The van der Waals surface area contributed by atoms with Gasteiger partial charge in [-0.2, -0.15) is 11.8 Å². The molecule has 2 rings (SSSR count). The summed E-state index contributed by atoms with van der Waals surface area (Å²) in [5.41, 5.74) is 0.462. The second kappa shape index (κ2) is 7.99. The van der Waals surface area contributed by atoms with Gasteiger partial charge in [0.2, 0.25) is 0 Å². The molecule has 1 fully saturated rings. The first kappa shape index (κ1) is 15.8. The lowest BCUT2D eigenvalue weighted by molar-refractivity contribution is 0.522. The zero-order valence-electron chi connectivity index (χ0n) is 12.0. The van der Waals surface area contributed by atoms with Crippen LogP contribution in [0.5, 0.6) is 0 Å². The Morgan fingerprint density at radius 3 is 2.75 bits per heavy atom. The van der Waals surface area contributed by atoms with Gasteiger partial charge < -0.3 is 5.32 Å². The van der Waals surface area contributed by atoms with Crippen molar-refractivity contribution in [2.24, 2.45) is 0 Å². The third-order valence-corrected chi connectivity index (χ3v) is 5.24. The molecule has 20 heavy (non-hydrogen) atoms. The molecule has 0 aliphatic heterocycles. The average molecular weight is 299 g/mol. The van der Waals surface area contributed by atoms with Crippen molar-refractivity contribution >= 4 is 11.8 Å². The van der Waals surface area contributed by atoms with E-state index < -0.39 is 0 Å². The number of benzene rings is 1. The van der Waals surface area contributed by atoms with Crippen molar-refractivity contribution in [3.05, 3.63) is 35.4 Å². The van der Waals surface area contributed by atoms with Crippen LogP contribution >= 0.6 is 11.8 Å². The van der Waals surface area contributed by atoms with Crippen molar-refractivity contribution in [2.45, 2.75) is 50.3 Å². The zero-order valence-corrected chi connectivity index (χ0v) is 12.8.